The van der Waals surface area contributed by atoms with Gasteiger partial charge in [-0.3, -0.25) is 4.98 Å². The maximum absolute atomic E-state index is 11.5. The molecule has 1 aromatic heterocycles. The van der Waals surface area contributed by atoms with Crippen LogP contribution in [0.25, 0.3) is 5.57 Å². The fourth-order valence-corrected chi connectivity index (χ4v) is 4.54. The molecule has 1 aliphatic heterocycles. The molecule has 0 fully saturated rings. The zero-order chi connectivity index (χ0) is 19.1. The van der Waals surface area contributed by atoms with Gasteiger partial charge in [0.1, 0.15) is 0 Å². The SMILES string of the molecule is O=C(O)c1cccc(N2C3=C(CC2c2ccncc2)c2ccccc2CC3)c1. The summed E-state index contributed by atoms with van der Waals surface area (Å²) in [7, 11) is 0. The van der Waals surface area contributed by atoms with Gasteiger partial charge >= 0.3 is 5.97 Å². The molecule has 2 aromatic carbocycles. The van der Waals surface area contributed by atoms with Gasteiger partial charge in [0.15, 0.2) is 0 Å². The molecule has 1 N–H and O–H groups in total. The Morgan fingerprint density at radius 1 is 1.00 bits per heavy atom. The molecule has 1 unspecified atom stereocenters. The predicted octanol–water partition coefficient (Wildman–Crippen LogP) is 5.09. The Kier molecular flexibility index (Phi) is 3.97. The number of benzene rings is 2. The largest absolute Gasteiger partial charge is 0.478 e. The summed E-state index contributed by atoms with van der Waals surface area (Å²) < 4.78 is 0. The fourth-order valence-electron chi connectivity index (χ4n) is 4.54. The number of allylic oxidation sites excluding steroid dienone is 1. The number of anilines is 1. The van der Waals surface area contributed by atoms with Gasteiger partial charge in [-0.2, -0.15) is 0 Å². The van der Waals surface area contributed by atoms with Crippen LogP contribution in [0.15, 0.2) is 78.8 Å². The number of nitrogens with zero attached hydrogens (tertiary/aromatic N) is 2. The lowest BCUT2D eigenvalue weighted by molar-refractivity contribution is 0.0697. The van der Waals surface area contributed by atoms with Gasteiger partial charge in [0.25, 0.3) is 0 Å². The third kappa shape index (κ3) is 2.69. The zero-order valence-corrected chi connectivity index (χ0v) is 15.4. The molecule has 138 valence electrons. The first-order chi connectivity index (χ1) is 13.7. The predicted molar refractivity (Wildman–Crippen MR) is 109 cm³/mol. The monoisotopic (exact) mass is 368 g/mol. The molecule has 28 heavy (non-hydrogen) atoms. The summed E-state index contributed by atoms with van der Waals surface area (Å²) in [6, 6.07) is 20.2. The van der Waals surface area contributed by atoms with E-state index in [1.165, 1.54) is 28.0 Å². The minimum atomic E-state index is -0.898. The van der Waals surface area contributed by atoms with Crippen molar-refractivity contribution < 1.29 is 9.90 Å². The van der Waals surface area contributed by atoms with E-state index >= 15 is 0 Å². The summed E-state index contributed by atoms with van der Waals surface area (Å²) in [5.41, 5.74) is 7.87. The number of carbonyl (C=O) groups is 1. The number of aromatic carboxylic acids is 1. The Labute approximate surface area is 163 Å². The molecular weight excluding hydrogens is 348 g/mol. The van der Waals surface area contributed by atoms with Crippen LogP contribution in [0.4, 0.5) is 5.69 Å². The number of carboxylic acids is 1. The van der Waals surface area contributed by atoms with Crippen molar-refractivity contribution in [3.05, 3.63) is 101 Å². The number of hydrogen-bond donors (Lipinski definition) is 1. The molecule has 5 rings (SSSR count). The van der Waals surface area contributed by atoms with E-state index in [9.17, 15) is 9.90 Å². The molecule has 0 spiro atoms. The van der Waals surface area contributed by atoms with Crippen molar-refractivity contribution in [2.75, 3.05) is 4.90 Å². The fraction of sp³-hybridized carbons (Fsp3) is 0.167. The van der Waals surface area contributed by atoms with Crippen molar-refractivity contribution in [3.63, 3.8) is 0 Å². The van der Waals surface area contributed by atoms with Crippen LogP contribution in [0.1, 0.15) is 45.9 Å². The summed E-state index contributed by atoms with van der Waals surface area (Å²) in [6.45, 7) is 0. The molecule has 0 amide bonds. The second-order valence-electron chi connectivity index (χ2n) is 7.31. The second kappa shape index (κ2) is 6.64. The van der Waals surface area contributed by atoms with E-state index in [0.29, 0.717) is 5.56 Å². The van der Waals surface area contributed by atoms with Crippen LogP contribution >= 0.6 is 0 Å². The molecule has 2 aliphatic rings. The average molecular weight is 368 g/mol. The Morgan fingerprint density at radius 3 is 2.64 bits per heavy atom. The van der Waals surface area contributed by atoms with Crippen LogP contribution in [0.3, 0.4) is 0 Å². The van der Waals surface area contributed by atoms with Crippen molar-refractivity contribution in [3.8, 4) is 0 Å². The lowest BCUT2D eigenvalue weighted by Crippen LogP contribution is -2.24. The maximum Gasteiger partial charge on any atom is 0.335 e. The minimum Gasteiger partial charge on any atom is -0.478 e. The van der Waals surface area contributed by atoms with Crippen LogP contribution in [-0.4, -0.2) is 16.1 Å². The van der Waals surface area contributed by atoms with Gasteiger partial charge in [0, 0.05) is 23.8 Å². The standard InChI is InChI=1S/C24H20N2O2/c27-24(28)18-5-3-6-19(14-18)26-22-9-8-16-4-1-2-7-20(16)21(22)15-23(26)17-10-12-25-13-11-17/h1-7,10-14,23H,8-9,15H2,(H,27,28). The second-order valence-corrected chi connectivity index (χ2v) is 7.31. The Hall–Kier alpha value is -3.40. The van der Waals surface area contributed by atoms with E-state index in [0.717, 1.165) is 24.9 Å². The van der Waals surface area contributed by atoms with Crippen molar-refractivity contribution >= 4 is 17.2 Å². The number of aromatic nitrogens is 1. The lowest BCUT2D eigenvalue weighted by atomic mass is 9.88. The zero-order valence-electron chi connectivity index (χ0n) is 15.4. The first kappa shape index (κ1) is 16.8. The average Bonchev–Trinajstić information content (AvgIpc) is 3.14. The van der Waals surface area contributed by atoms with Gasteiger partial charge < -0.3 is 10.0 Å². The normalized spacial score (nSPS) is 18.0. The lowest BCUT2D eigenvalue weighted by Gasteiger charge is -2.31. The summed E-state index contributed by atoms with van der Waals surface area (Å²) in [5, 5.41) is 9.46. The topological polar surface area (TPSA) is 53.4 Å². The Bertz CT molecular complexity index is 1090. The minimum absolute atomic E-state index is 0.142. The first-order valence-electron chi connectivity index (χ1n) is 9.55. The van der Waals surface area contributed by atoms with E-state index in [-0.39, 0.29) is 6.04 Å². The van der Waals surface area contributed by atoms with E-state index in [1.807, 2.05) is 24.5 Å². The Morgan fingerprint density at radius 2 is 1.82 bits per heavy atom. The summed E-state index contributed by atoms with van der Waals surface area (Å²) in [4.78, 5) is 18.0. The number of rotatable bonds is 3. The van der Waals surface area contributed by atoms with Gasteiger partial charge in [-0.1, -0.05) is 30.3 Å². The highest BCUT2D eigenvalue weighted by atomic mass is 16.4. The number of pyridine rings is 1. The van der Waals surface area contributed by atoms with Gasteiger partial charge in [0.2, 0.25) is 0 Å². The number of carboxylic acid groups (broad SMARTS) is 1. The van der Waals surface area contributed by atoms with Crippen LogP contribution in [0.2, 0.25) is 0 Å². The quantitative estimate of drug-likeness (QED) is 0.700. The van der Waals surface area contributed by atoms with E-state index in [4.69, 9.17) is 0 Å². The van der Waals surface area contributed by atoms with Gasteiger partial charge in [-0.05, 0) is 71.9 Å². The molecule has 4 nitrogen and oxygen atoms in total. The van der Waals surface area contributed by atoms with Crippen LogP contribution in [-0.2, 0) is 6.42 Å². The van der Waals surface area contributed by atoms with E-state index < -0.39 is 5.97 Å². The third-order valence-corrected chi connectivity index (χ3v) is 5.78. The molecule has 3 aromatic rings. The first-order valence-corrected chi connectivity index (χ1v) is 9.55. The molecule has 0 saturated heterocycles. The van der Waals surface area contributed by atoms with Crippen LogP contribution in [0.5, 0.6) is 0 Å². The molecule has 2 heterocycles. The number of hydrogen-bond acceptors (Lipinski definition) is 3. The molecule has 0 bridgehead atoms. The molecule has 4 heteroatoms. The molecule has 1 aliphatic carbocycles. The number of aryl methyl sites for hydroxylation is 1. The van der Waals surface area contributed by atoms with E-state index in [2.05, 4.69) is 46.3 Å². The smallest absolute Gasteiger partial charge is 0.335 e. The van der Waals surface area contributed by atoms with Crippen LogP contribution < -0.4 is 4.90 Å². The van der Waals surface area contributed by atoms with Gasteiger partial charge in [-0.25, -0.2) is 4.79 Å². The third-order valence-electron chi connectivity index (χ3n) is 5.78. The summed E-state index contributed by atoms with van der Waals surface area (Å²) in [5.74, 6) is -0.898. The molecule has 0 radical (unpaired) electrons. The van der Waals surface area contributed by atoms with E-state index in [1.54, 1.807) is 12.1 Å². The van der Waals surface area contributed by atoms with Crippen molar-refractivity contribution in [1.82, 2.24) is 4.98 Å². The van der Waals surface area contributed by atoms with Gasteiger partial charge in [0.05, 0.1) is 11.6 Å². The molecular formula is C24H20N2O2. The Balaban J connectivity index is 1.67. The highest BCUT2D eigenvalue weighted by Gasteiger charge is 2.36. The summed E-state index contributed by atoms with van der Waals surface area (Å²) in [6.07, 6.45) is 6.53. The molecule has 1 atom stereocenters. The van der Waals surface area contributed by atoms with Gasteiger partial charge in [-0.15, -0.1) is 0 Å². The van der Waals surface area contributed by atoms with Crippen molar-refractivity contribution in [1.29, 1.82) is 0 Å². The summed E-state index contributed by atoms with van der Waals surface area (Å²) >= 11 is 0. The highest BCUT2D eigenvalue weighted by Crippen LogP contribution is 2.50. The molecule has 0 saturated carbocycles. The number of fused-ring (bicyclic) bond motifs is 2. The van der Waals surface area contributed by atoms with Crippen molar-refractivity contribution in [2.24, 2.45) is 0 Å². The highest BCUT2D eigenvalue weighted by molar-refractivity contribution is 5.90. The van der Waals surface area contributed by atoms with Crippen molar-refractivity contribution in [2.45, 2.75) is 25.3 Å². The van der Waals surface area contributed by atoms with Crippen LogP contribution in [0, 0.1) is 0 Å². The maximum atomic E-state index is 11.5.